The summed E-state index contributed by atoms with van der Waals surface area (Å²) in [6.07, 6.45) is 0. The maximum atomic E-state index is 11.7. The Hall–Kier alpha value is -1.63. The van der Waals surface area contributed by atoms with Crippen molar-refractivity contribution in [2.24, 2.45) is 0 Å². The molecule has 0 fully saturated rings. The van der Waals surface area contributed by atoms with E-state index in [1.54, 1.807) is 6.07 Å². The van der Waals surface area contributed by atoms with Gasteiger partial charge in [0, 0.05) is 11.3 Å². The molecule has 2 aromatic rings. The van der Waals surface area contributed by atoms with Crippen molar-refractivity contribution in [2.45, 2.75) is 6.92 Å². The van der Waals surface area contributed by atoms with Gasteiger partial charge in [0.05, 0.1) is 16.4 Å². The highest BCUT2D eigenvalue weighted by Crippen LogP contribution is 2.26. The number of halogens is 1. The van der Waals surface area contributed by atoms with Crippen LogP contribution in [0.3, 0.4) is 0 Å². The van der Waals surface area contributed by atoms with E-state index in [4.69, 9.17) is 10.5 Å². The highest BCUT2D eigenvalue weighted by Gasteiger charge is 2.16. The van der Waals surface area contributed by atoms with Crippen molar-refractivity contribution in [1.82, 2.24) is 4.98 Å². The third-order valence-electron chi connectivity index (χ3n) is 2.71. The third kappa shape index (κ3) is 2.86. The number of aryl methyl sites for hydroxylation is 1. The van der Waals surface area contributed by atoms with Crippen molar-refractivity contribution >= 4 is 34.2 Å². The van der Waals surface area contributed by atoms with E-state index >= 15 is 0 Å². The lowest BCUT2D eigenvalue weighted by molar-refractivity contribution is 0.0593. The van der Waals surface area contributed by atoms with Crippen LogP contribution in [0.5, 0.6) is 0 Å². The zero-order valence-electron chi connectivity index (χ0n) is 10.6. The smallest absolute Gasteiger partial charge is 0.357 e. The normalized spacial score (nSPS) is 10.3. The maximum absolute atomic E-state index is 11.7. The van der Waals surface area contributed by atoms with Gasteiger partial charge in [-0.25, -0.2) is 9.78 Å². The Bertz CT molecular complexity index is 624. The highest BCUT2D eigenvalue weighted by molar-refractivity contribution is 14.1. The van der Waals surface area contributed by atoms with Crippen LogP contribution in [0.4, 0.5) is 5.69 Å². The predicted octanol–water partition coefficient (Wildman–Crippen LogP) is 3.03. The first kappa shape index (κ1) is 13.8. The number of nitrogens with two attached hydrogens (primary N) is 1. The SMILES string of the molecule is COC(=O)c1nc(-c2ccc(C)cc2)cc(N)c1I. The van der Waals surface area contributed by atoms with Crippen LogP contribution in [0.15, 0.2) is 30.3 Å². The van der Waals surface area contributed by atoms with Gasteiger partial charge in [-0.05, 0) is 35.6 Å². The lowest BCUT2D eigenvalue weighted by atomic mass is 10.1. The number of methoxy groups -OCH3 is 1. The standard InChI is InChI=1S/C14H13IN2O2/c1-8-3-5-9(6-4-8)11-7-10(16)12(15)13(17-11)14(18)19-2/h3-7H,1-2H3,(H2,16,17). The quantitative estimate of drug-likeness (QED) is 0.654. The van der Waals surface area contributed by atoms with Crippen molar-refractivity contribution in [1.29, 1.82) is 0 Å². The van der Waals surface area contributed by atoms with Gasteiger partial charge in [-0.2, -0.15) is 0 Å². The number of aromatic nitrogens is 1. The van der Waals surface area contributed by atoms with Crippen molar-refractivity contribution in [3.63, 3.8) is 0 Å². The molecule has 5 heteroatoms. The number of anilines is 1. The number of nitrogens with zero attached hydrogens (tertiary/aromatic N) is 1. The molecule has 98 valence electrons. The number of benzene rings is 1. The molecule has 0 saturated carbocycles. The summed E-state index contributed by atoms with van der Waals surface area (Å²) in [5.74, 6) is -0.481. The van der Waals surface area contributed by atoms with Crippen molar-refractivity contribution in [3.05, 3.63) is 45.2 Å². The molecule has 2 N–H and O–H groups in total. The van der Waals surface area contributed by atoms with Gasteiger partial charge < -0.3 is 10.5 Å². The first-order valence-corrected chi connectivity index (χ1v) is 6.72. The maximum Gasteiger partial charge on any atom is 0.357 e. The van der Waals surface area contributed by atoms with E-state index in [1.807, 2.05) is 53.8 Å². The van der Waals surface area contributed by atoms with Crippen LogP contribution in [0, 0.1) is 10.5 Å². The van der Waals surface area contributed by atoms with E-state index in [0.717, 1.165) is 11.1 Å². The Morgan fingerprint density at radius 1 is 1.32 bits per heavy atom. The van der Waals surface area contributed by atoms with Crippen LogP contribution in [0.1, 0.15) is 16.1 Å². The van der Waals surface area contributed by atoms with Gasteiger partial charge in [0.1, 0.15) is 0 Å². The molecule has 0 aliphatic heterocycles. The molecule has 0 aliphatic carbocycles. The number of carbonyl (C=O) groups excluding carboxylic acids is 1. The summed E-state index contributed by atoms with van der Waals surface area (Å²) < 4.78 is 5.33. The van der Waals surface area contributed by atoms with Crippen molar-refractivity contribution < 1.29 is 9.53 Å². The third-order valence-corrected chi connectivity index (χ3v) is 3.85. The second-order valence-corrected chi connectivity index (χ2v) is 5.20. The summed E-state index contributed by atoms with van der Waals surface area (Å²) in [4.78, 5) is 16.0. The average Bonchev–Trinajstić information content (AvgIpc) is 2.41. The fraction of sp³-hybridized carbons (Fsp3) is 0.143. The summed E-state index contributed by atoms with van der Waals surface area (Å²) in [5.41, 5.74) is 9.44. The minimum Gasteiger partial charge on any atom is -0.464 e. The number of ether oxygens (including phenoxy) is 1. The number of pyridine rings is 1. The molecular formula is C14H13IN2O2. The minimum atomic E-state index is -0.481. The number of esters is 1. The second kappa shape index (κ2) is 5.56. The number of nitrogen functional groups attached to an aromatic ring is 1. The Morgan fingerprint density at radius 2 is 1.95 bits per heavy atom. The van der Waals surface area contributed by atoms with Crippen LogP contribution >= 0.6 is 22.6 Å². The first-order valence-electron chi connectivity index (χ1n) is 5.64. The van der Waals surface area contributed by atoms with Gasteiger partial charge in [-0.15, -0.1) is 0 Å². The average molecular weight is 368 g/mol. The summed E-state index contributed by atoms with van der Waals surface area (Å²) in [5, 5.41) is 0. The molecule has 1 aromatic carbocycles. The number of hydrogen-bond donors (Lipinski definition) is 1. The lowest BCUT2D eigenvalue weighted by Crippen LogP contribution is -2.10. The van der Waals surface area contributed by atoms with E-state index < -0.39 is 5.97 Å². The summed E-state index contributed by atoms with van der Waals surface area (Å²) >= 11 is 2.00. The van der Waals surface area contributed by atoms with Crippen LogP contribution in [0.2, 0.25) is 0 Å². The molecule has 0 saturated heterocycles. The largest absolute Gasteiger partial charge is 0.464 e. The van der Waals surface area contributed by atoms with Gasteiger partial charge in [0.2, 0.25) is 0 Å². The summed E-state index contributed by atoms with van der Waals surface area (Å²) in [6.45, 7) is 2.01. The fourth-order valence-electron chi connectivity index (χ4n) is 1.65. The van der Waals surface area contributed by atoms with E-state index in [9.17, 15) is 4.79 Å². The molecule has 2 rings (SSSR count). The van der Waals surface area contributed by atoms with Gasteiger partial charge in [-0.1, -0.05) is 29.8 Å². The molecule has 0 amide bonds. The zero-order valence-corrected chi connectivity index (χ0v) is 12.8. The molecule has 0 radical (unpaired) electrons. The number of hydrogen-bond acceptors (Lipinski definition) is 4. The molecule has 0 aliphatic rings. The molecule has 4 nitrogen and oxygen atoms in total. The van der Waals surface area contributed by atoms with Gasteiger partial charge in [0.25, 0.3) is 0 Å². The van der Waals surface area contributed by atoms with Crippen LogP contribution in [-0.4, -0.2) is 18.1 Å². The van der Waals surface area contributed by atoms with Gasteiger partial charge >= 0.3 is 5.97 Å². The van der Waals surface area contributed by atoms with Crippen molar-refractivity contribution in [3.8, 4) is 11.3 Å². The summed E-state index contributed by atoms with van der Waals surface area (Å²) in [7, 11) is 1.33. The monoisotopic (exact) mass is 368 g/mol. The Labute approximate surface area is 125 Å². The number of carbonyl (C=O) groups is 1. The molecule has 0 unspecified atom stereocenters. The predicted molar refractivity (Wildman–Crippen MR) is 82.9 cm³/mol. The molecule has 19 heavy (non-hydrogen) atoms. The Balaban J connectivity index is 2.56. The van der Waals surface area contributed by atoms with E-state index in [2.05, 4.69) is 4.98 Å². The number of rotatable bonds is 2. The van der Waals surface area contributed by atoms with E-state index in [-0.39, 0.29) is 5.69 Å². The fourth-order valence-corrected chi connectivity index (χ4v) is 2.15. The van der Waals surface area contributed by atoms with Crippen LogP contribution in [0.25, 0.3) is 11.3 Å². The topological polar surface area (TPSA) is 65.2 Å². The molecule has 0 atom stereocenters. The van der Waals surface area contributed by atoms with Crippen molar-refractivity contribution in [2.75, 3.05) is 12.8 Å². The molecular weight excluding hydrogens is 355 g/mol. The first-order chi connectivity index (χ1) is 9.02. The van der Waals surface area contributed by atoms with Gasteiger partial charge in [0.15, 0.2) is 5.69 Å². The summed E-state index contributed by atoms with van der Waals surface area (Å²) in [6, 6.07) is 9.64. The van der Waals surface area contributed by atoms with Crippen LogP contribution in [-0.2, 0) is 4.74 Å². The van der Waals surface area contributed by atoms with E-state index in [0.29, 0.717) is 15.0 Å². The molecule has 0 spiro atoms. The second-order valence-electron chi connectivity index (χ2n) is 4.12. The van der Waals surface area contributed by atoms with Gasteiger partial charge in [-0.3, -0.25) is 0 Å². The highest BCUT2D eigenvalue weighted by atomic mass is 127. The van der Waals surface area contributed by atoms with Crippen LogP contribution < -0.4 is 5.73 Å². The zero-order chi connectivity index (χ0) is 14.0. The minimum absolute atomic E-state index is 0.249. The molecule has 1 aromatic heterocycles. The Morgan fingerprint density at radius 3 is 2.53 bits per heavy atom. The molecule has 1 heterocycles. The Kier molecular flexibility index (Phi) is 4.04. The lowest BCUT2D eigenvalue weighted by Gasteiger charge is -2.09. The van der Waals surface area contributed by atoms with E-state index in [1.165, 1.54) is 7.11 Å². The molecule has 0 bridgehead atoms.